The van der Waals surface area contributed by atoms with E-state index in [0.717, 1.165) is 30.0 Å². The molecule has 3 nitrogen and oxygen atoms in total. The number of pyridine rings is 1. The number of nitrogen functional groups attached to an aromatic ring is 1. The van der Waals surface area contributed by atoms with Crippen LogP contribution in [0.5, 0.6) is 0 Å². The molecule has 18 heavy (non-hydrogen) atoms. The van der Waals surface area contributed by atoms with Gasteiger partial charge in [-0.05, 0) is 36.9 Å². The molecule has 0 unspecified atom stereocenters. The summed E-state index contributed by atoms with van der Waals surface area (Å²) in [4.78, 5) is 6.47. The van der Waals surface area contributed by atoms with Gasteiger partial charge in [-0.25, -0.2) is 0 Å². The van der Waals surface area contributed by atoms with Gasteiger partial charge < -0.3 is 5.73 Å². The molecule has 0 fully saturated rings. The first-order valence-electron chi connectivity index (χ1n) is 5.77. The van der Waals surface area contributed by atoms with Crippen LogP contribution in [-0.4, -0.2) is 16.9 Å². The van der Waals surface area contributed by atoms with Gasteiger partial charge in [0.15, 0.2) is 0 Å². The summed E-state index contributed by atoms with van der Waals surface area (Å²) in [6.45, 7) is 1.57. The fraction of sp³-hybridized carbons (Fsp3) is 0.214. The molecule has 0 radical (unpaired) electrons. The molecule has 1 aromatic carbocycles. The lowest BCUT2D eigenvalue weighted by Crippen LogP contribution is -2.18. The van der Waals surface area contributed by atoms with Crippen LogP contribution in [0.1, 0.15) is 11.3 Å². The average Bonchev–Trinajstić information content (AvgIpc) is 2.34. The zero-order chi connectivity index (χ0) is 13.0. The van der Waals surface area contributed by atoms with Gasteiger partial charge in [0, 0.05) is 30.0 Å². The SMILES string of the molecule is CN(Cc1ccccn1)Cc1ccc(Cl)cc1N. The number of rotatable bonds is 4. The summed E-state index contributed by atoms with van der Waals surface area (Å²) in [7, 11) is 2.04. The van der Waals surface area contributed by atoms with Crippen molar-refractivity contribution in [3.63, 3.8) is 0 Å². The third-order valence-electron chi connectivity index (χ3n) is 2.71. The van der Waals surface area contributed by atoms with E-state index in [2.05, 4.69) is 9.88 Å². The van der Waals surface area contributed by atoms with Crippen LogP contribution in [0.2, 0.25) is 5.02 Å². The predicted molar refractivity (Wildman–Crippen MR) is 75.3 cm³/mol. The van der Waals surface area contributed by atoms with E-state index in [1.165, 1.54) is 0 Å². The molecule has 1 heterocycles. The van der Waals surface area contributed by atoms with Crippen molar-refractivity contribution < 1.29 is 0 Å². The van der Waals surface area contributed by atoms with E-state index in [0.29, 0.717) is 5.02 Å². The highest BCUT2D eigenvalue weighted by atomic mass is 35.5. The number of halogens is 1. The minimum absolute atomic E-state index is 0.670. The van der Waals surface area contributed by atoms with Crippen molar-refractivity contribution in [1.29, 1.82) is 0 Å². The van der Waals surface area contributed by atoms with Crippen LogP contribution < -0.4 is 5.73 Å². The van der Waals surface area contributed by atoms with Crippen LogP contribution in [0.15, 0.2) is 42.6 Å². The van der Waals surface area contributed by atoms with Crippen LogP contribution in [0.25, 0.3) is 0 Å². The molecule has 0 amide bonds. The molecule has 0 aliphatic rings. The fourth-order valence-electron chi connectivity index (χ4n) is 1.82. The minimum Gasteiger partial charge on any atom is -0.398 e. The van der Waals surface area contributed by atoms with Crippen molar-refractivity contribution in [2.24, 2.45) is 0 Å². The molecule has 0 aliphatic heterocycles. The Bertz CT molecular complexity index is 514. The van der Waals surface area contributed by atoms with Crippen LogP contribution in [-0.2, 0) is 13.1 Å². The first kappa shape index (κ1) is 12.9. The monoisotopic (exact) mass is 261 g/mol. The Labute approximate surface area is 112 Å². The van der Waals surface area contributed by atoms with E-state index in [4.69, 9.17) is 17.3 Å². The summed E-state index contributed by atoms with van der Waals surface area (Å²) < 4.78 is 0. The number of hydrogen-bond donors (Lipinski definition) is 1. The second kappa shape index (κ2) is 5.85. The van der Waals surface area contributed by atoms with Crippen LogP contribution in [0.3, 0.4) is 0 Å². The second-order valence-electron chi connectivity index (χ2n) is 4.34. The van der Waals surface area contributed by atoms with Gasteiger partial charge in [0.25, 0.3) is 0 Å². The molecule has 0 spiro atoms. The number of nitrogens with two attached hydrogens (primary N) is 1. The smallest absolute Gasteiger partial charge is 0.0543 e. The Morgan fingerprint density at radius 2 is 2.06 bits per heavy atom. The van der Waals surface area contributed by atoms with Gasteiger partial charge in [-0.15, -0.1) is 0 Å². The van der Waals surface area contributed by atoms with Crippen LogP contribution in [0, 0.1) is 0 Å². The lowest BCUT2D eigenvalue weighted by atomic mass is 10.1. The maximum atomic E-state index is 5.94. The molecule has 0 bridgehead atoms. The van der Waals surface area contributed by atoms with Crippen molar-refractivity contribution in [3.8, 4) is 0 Å². The van der Waals surface area contributed by atoms with E-state index in [-0.39, 0.29) is 0 Å². The number of aromatic nitrogens is 1. The highest BCUT2D eigenvalue weighted by Gasteiger charge is 2.05. The van der Waals surface area contributed by atoms with Gasteiger partial charge in [-0.3, -0.25) is 9.88 Å². The zero-order valence-corrected chi connectivity index (χ0v) is 11.1. The van der Waals surface area contributed by atoms with Gasteiger partial charge in [0.2, 0.25) is 0 Å². The van der Waals surface area contributed by atoms with E-state index in [1.807, 2.05) is 37.4 Å². The number of benzene rings is 1. The normalized spacial score (nSPS) is 10.8. The molecule has 2 aromatic rings. The molecule has 0 saturated carbocycles. The lowest BCUT2D eigenvalue weighted by molar-refractivity contribution is 0.315. The number of hydrogen-bond acceptors (Lipinski definition) is 3. The molecule has 2 rings (SSSR count). The standard InChI is InChI=1S/C14H16ClN3/c1-18(10-13-4-2-3-7-17-13)9-11-5-6-12(15)8-14(11)16/h2-8H,9-10,16H2,1H3. The highest BCUT2D eigenvalue weighted by molar-refractivity contribution is 6.30. The van der Waals surface area contributed by atoms with Crippen molar-refractivity contribution in [2.45, 2.75) is 13.1 Å². The highest BCUT2D eigenvalue weighted by Crippen LogP contribution is 2.19. The Hall–Kier alpha value is -1.58. The van der Waals surface area contributed by atoms with Gasteiger partial charge in [0.1, 0.15) is 0 Å². The number of anilines is 1. The molecule has 1 aromatic heterocycles. The van der Waals surface area contributed by atoms with E-state index < -0.39 is 0 Å². The Balaban J connectivity index is 2.01. The Morgan fingerprint density at radius 1 is 1.22 bits per heavy atom. The van der Waals surface area contributed by atoms with E-state index in [1.54, 1.807) is 12.3 Å². The molecule has 0 atom stereocenters. The fourth-order valence-corrected chi connectivity index (χ4v) is 2.01. The number of nitrogens with zero attached hydrogens (tertiary/aromatic N) is 2. The van der Waals surface area contributed by atoms with E-state index in [9.17, 15) is 0 Å². The maximum absolute atomic E-state index is 5.94. The average molecular weight is 262 g/mol. The van der Waals surface area contributed by atoms with Gasteiger partial charge in [-0.2, -0.15) is 0 Å². The second-order valence-corrected chi connectivity index (χ2v) is 4.77. The molecule has 4 heteroatoms. The largest absolute Gasteiger partial charge is 0.398 e. The first-order chi connectivity index (χ1) is 8.65. The summed E-state index contributed by atoms with van der Waals surface area (Å²) in [6.07, 6.45) is 1.81. The Morgan fingerprint density at radius 3 is 2.72 bits per heavy atom. The molecule has 2 N–H and O–H groups in total. The van der Waals surface area contributed by atoms with Crippen molar-refractivity contribution in [3.05, 3.63) is 58.9 Å². The summed E-state index contributed by atoms with van der Waals surface area (Å²) in [6, 6.07) is 11.5. The molecule has 0 aliphatic carbocycles. The summed E-state index contributed by atoms with van der Waals surface area (Å²) >= 11 is 5.88. The Kier molecular flexibility index (Phi) is 4.18. The van der Waals surface area contributed by atoms with Crippen LogP contribution in [0.4, 0.5) is 5.69 Å². The molecule has 0 saturated heterocycles. The van der Waals surface area contributed by atoms with Gasteiger partial charge >= 0.3 is 0 Å². The zero-order valence-electron chi connectivity index (χ0n) is 10.3. The lowest BCUT2D eigenvalue weighted by Gasteiger charge is -2.17. The minimum atomic E-state index is 0.670. The molecular weight excluding hydrogens is 246 g/mol. The van der Waals surface area contributed by atoms with E-state index >= 15 is 0 Å². The van der Waals surface area contributed by atoms with Gasteiger partial charge in [0.05, 0.1) is 5.69 Å². The maximum Gasteiger partial charge on any atom is 0.0543 e. The predicted octanol–water partition coefficient (Wildman–Crippen LogP) is 2.95. The van der Waals surface area contributed by atoms with Gasteiger partial charge in [-0.1, -0.05) is 23.7 Å². The topological polar surface area (TPSA) is 42.2 Å². The van der Waals surface area contributed by atoms with Crippen LogP contribution >= 0.6 is 11.6 Å². The quantitative estimate of drug-likeness (QED) is 0.861. The van der Waals surface area contributed by atoms with Crippen molar-refractivity contribution in [1.82, 2.24) is 9.88 Å². The summed E-state index contributed by atoms with van der Waals surface area (Å²) in [5, 5.41) is 0.670. The first-order valence-corrected chi connectivity index (χ1v) is 6.15. The van der Waals surface area contributed by atoms with Crippen molar-refractivity contribution >= 4 is 17.3 Å². The molecule has 94 valence electrons. The summed E-state index contributed by atoms with van der Waals surface area (Å²) in [5.74, 6) is 0. The third kappa shape index (κ3) is 3.45. The molecular formula is C14H16ClN3. The third-order valence-corrected chi connectivity index (χ3v) is 2.94. The van der Waals surface area contributed by atoms with Crippen molar-refractivity contribution in [2.75, 3.05) is 12.8 Å². The summed E-state index contributed by atoms with van der Waals surface area (Å²) in [5.41, 5.74) is 8.80.